The van der Waals surface area contributed by atoms with Crippen LogP contribution in [0.5, 0.6) is 0 Å². The molecule has 17 heavy (non-hydrogen) atoms. The third-order valence-corrected chi connectivity index (χ3v) is 2.61. The van der Waals surface area contributed by atoms with Gasteiger partial charge >= 0.3 is 5.97 Å². The maximum atomic E-state index is 11.3. The average Bonchev–Trinajstić information content (AvgIpc) is 2.36. The molecular formula is C15H32O2. The Bertz CT molecular complexity index is 149. The highest BCUT2D eigenvalue weighted by molar-refractivity contribution is 5.69. The van der Waals surface area contributed by atoms with Crippen LogP contribution in [0.1, 0.15) is 79.6 Å². The van der Waals surface area contributed by atoms with E-state index in [-0.39, 0.29) is 5.97 Å². The lowest BCUT2D eigenvalue weighted by Gasteiger charge is -2.15. The average molecular weight is 244 g/mol. The van der Waals surface area contributed by atoms with Crippen LogP contribution in [0.25, 0.3) is 0 Å². The molecule has 0 aromatic heterocycles. The molecule has 0 amide bonds. The summed E-state index contributed by atoms with van der Waals surface area (Å²) in [5.41, 5.74) is 0. The van der Waals surface area contributed by atoms with Gasteiger partial charge in [0.15, 0.2) is 0 Å². The van der Waals surface area contributed by atoms with Gasteiger partial charge in [-0.2, -0.15) is 0 Å². The SMILES string of the molecule is CC.CCCCC(=O)OCC(CCC)CCC. The highest BCUT2D eigenvalue weighted by Crippen LogP contribution is 2.14. The molecule has 0 heterocycles. The molecule has 0 saturated carbocycles. The number of rotatable bonds is 9. The molecule has 0 rings (SSSR count). The van der Waals surface area contributed by atoms with Gasteiger partial charge < -0.3 is 4.74 Å². The zero-order valence-corrected chi connectivity index (χ0v) is 12.6. The highest BCUT2D eigenvalue weighted by atomic mass is 16.5. The molecule has 0 aliphatic rings. The molecule has 0 saturated heterocycles. The predicted octanol–water partition coefficient (Wildman–Crippen LogP) is 4.96. The van der Waals surface area contributed by atoms with Crippen LogP contribution < -0.4 is 0 Å². The normalized spacial score (nSPS) is 9.76. The summed E-state index contributed by atoms with van der Waals surface area (Å²) in [6.07, 6.45) is 7.30. The van der Waals surface area contributed by atoms with Gasteiger partial charge in [-0.1, -0.05) is 53.9 Å². The highest BCUT2D eigenvalue weighted by Gasteiger charge is 2.09. The number of esters is 1. The molecule has 0 N–H and O–H groups in total. The van der Waals surface area contributed by atoms with E-state index in [1.54, 1.807) is 0 Å². The molecule has 0 fully saturated rings. The van der Waals surface area contributed by atoms with E-state index in [1.807, 2.05) is 13.8 Å². The minimum Gasteiger partial charge on any atom is -0.465 e. The first kappa shape index (κ1) is 18.8. The van der Waals surface area contributed by atoms with E-state index >= 15 is 0 Å². The van der Waals surface area contributed by atoms with Crippen molar-refractivity contribution in [3.63, 3.8) is 0 Å². The van der Waals surface area contributed by atoms with Crippen molar-refractivity contribution in [1.29, 1.82) is 0 Å². The van der Waals surface area contributed by atoms with Crippen molar-refractivity contribution in [2.75, 3.05) is 6.61 Å². The molecular weight excluding hydrogens is 212 g/mol. The van der Waals surface area contributed by atoms with Crippen LogP contribution in [0, 0.1) is 5.92 Å². The van der Waals surface area contributed by atoms with Crippen molar-refractivity contribution in [2.45, 2.75) is 79.6 Å². The van der Waals surface area contributed by atoms with Crippen molar-refractivity contribution in [1.82, 2.24) is 0 Å². The van der Waals surface area contributed by atoms with Crippen LogP contribution in [0.3, 0.4) is 0 Å². The smallest absolute Gasteiger partial charge is 0.305 e. The predicted molar refractivity (Wildman–Crippen MR) is 75.1 cm³/mol. The standard InChI is InChI=1S/C13H26O2.C2H6/c1-4-7-10-13(14)15-11-12(8-5-2)9-6-3;1-2/h12H,4-11H2,1-3H3;1-2H3. The lowest BCUT2D eigenvalue weighted by atomic mass is 9.99. The second-order valence-corrected chi connectivity index (χ2v) is 4.23. The van der Waals surface area contributed by atoms with E-state index in [9.17, 15) is 4.79 Å². The van der Waals surface area contributed by atoms with Crippen LogP contribution in [0.4, 0.5) is 0 Å². The van der Waals surface area contributed by atoms with Crippen molar-refractivity contribution in [2.24, 2.45) is 5.92 Å². The number of carbonyl (C=O) groups excluding carboxylic acids is 1. The second-order valence-electron chi connectivity index (χ2n) is 4.23. The Kier molecular flexibility index (Phi) is 17.1. The summed E-state index contributed by atoms with van der Waals surface area (Å²) in [5.74, 6) is 0.555. The van der Waals surface area contributed by atoms with Gasteiger partial charge in [0.1, 0.15) is 0 Å². The van der Waals surface area contributed by atoms with E-state index < -0.39 is 0 Å². The van der Waals surface area contributed by atoms with Gasteiger partial charge in [0, 0.05) is 6.42 Å². The van der Waals surface area contributed by atoms with Gasteiger partial charge in [-0.05, 0) is 25.2 Å². The van der Waals surface area contributed by atoms with Crippen LogP contribution in [-0.2, 0) is 9.53 Å². The molecule has 0 aromatic rings. The number of carbonyl (C=O) groups is 1. The van der Waals surface area contributed by atoms with E-state index in [0.29, 0.717) is 18.9 Å². The summed E-state index contributed by atoms with van der Waals surface area (Å²) in [6, 6.07) is 0. The number of unbranched alkanes of at least 4 members (excludes halogenated alkanes) is 1. The summed E-state index contributed by atoms with van der Waals surface area (Å²) < 4.78 is 5.27. The van der Waals surface area contributed by atoms with Crippen LogP contribution in [-0.4, -0.2) is 12.6 Å². The molecule has 0 atom stereocenters. The Labute approximate surface area is 108 Å². The first-order chi connectivity index (χ1) is 8.24. The second kappa shape index (κ2) is 15.5. The van der Waals surface area contributed by atoms with Gasteiger partial charge in [0.2, 0.25) is 0 Å². The first-order valence-corrected chi connectivity index (χ1v) is 7.40. The Hall–Kier alpha value is -0.530. The van der Waals surface area contributed by atoms with Gasteiger partial charge in [-0.25, -0.2) is 0 Å². The summed E-state index contributed by atoms with van der Waals surface area (Å²) >= 11 is 0. The first-order valence-electron chi connectivity index (χ1n) is 7.40. The van der Waals surface area contributed by atoms with Crippen molar-refractivity contribution >= 4 is 5.97 Å². The van der Waals surface area contributed by atoms with E-state index in [0.717, 1.165) is 12.8 Å². The lowest BCUT2D eigenvalue weighted by Crippen LogP contribution is -2.14. The van der Waals surface area contributed by atoms with Gasteiger partial charge in [-0.15, -0.1) is 0 Å². The fourth-order valence-corrected chi connectivity index (χ4v) is 1.73. The molecule has 0 aliphatic heterocycles. The van der Waals surface area contributed by atoms with Crippen LogP contribution in [0.2, 0.25) is 0 Å². The van der Waals surface area contributed by atoms with Gasteiger partial charge in [0.05, 0.1) is 6.61 Å². The Morgan fingerprint density at radius 2 is 1.53 bits per heavy atom. The minimum absolute atomic E-state index is 0.0194. The largest absolute Gasteiger partial charge is 0.465 e. The van der Waals surface area contributed by atoms with Crippen LogP contribution in [0.15, 0.2) is 0 Å². The van der Waals surface area contributed by atoms with E-state index in [2.05, 4.69) is 20.8 Å². The fourth-order valence-electron chi connectivity index (χ4n) is 1.73. The zero-order valence-electron chi connectivity index (χ0n) is 12.6. The van der Waals surface area contributed by atoms with Gasteiger partial charge in [-0.3, -0.25) is 4.79 Å². The Morgan fingerprint density at radius 3 is 1.94 bits per heavy atom. The molecule has 2 nitrogen and oxygen atoms in total. The molecule has 0 aromatic carbocycles. The zero-order chi connectivity index (χ0) is 13.5. The van der Waals surface area contributed by atoms with Crippen molar-refractivity contribution in [3.8, 4) is 0 Å². The molecule has 0 spiro atoms. The Balaban J connectivity index is 0. The molecule has 0 aliphatic carbocycles. The fraction of sp³-hybridized carbons (Fsp3) is 0.933. The third kappa shape index (κ3) is 13.4. The topological polar surface area (TPSA) is 26.3 Å². The van der Waals surface area contributed by atoms with E-state index in [1.165, 1.54) is 25.7 Å². The maximum absolute atomic E-state index is 11.3. The molecule has 2 heteroatoms. The monoisotopic (exact) mass is 244 g/mol. The van der Waals surface area contributed by atoms with E-state index in [4.69, 9.17) is 4.74 Å². The lowest BCUT2D eigenvalue weighted by molar-refractivity contribution is -0.145. The minimum atomic E-state index is -0.0194. The summed E-state index contributed by atoms with van der Waals surface area (Å²) in [5, 5.41) is 0. The summed E-state index contributed by atoms with van der Waals surface area (Å²) in [7, 11) is 0. The van der Waals surface area contributed by atoms with Gasteiger partial charge in [0.25, 0.3) is 0 Å². The van der Waals surface area contributed by atoms with Crippen LogP contribution >= 0.6 is 0 Å². The number of ether oxygens (including phenoxy) is 1. The summed E-state index contributed by atoms with van der Waals surface area (Å²) in [4.78, 5) is 11.3. The molecule has 104 valence electrons. The number of hydrogen-bond acceptors (Lipinski definition) is 2. The summed E-state index contributed by atoms with van der Waals surface area (Å²) in [6.45, 7) is 11.1. The van der Waals surface area contributed by atoms with Crippen molar-refractivity contribution in [3.05, 3.63) is 0 Å². The quantitative estimate of drug-likeness (QED) is 0.536. The Morgan fingerprint density at radius 1 is 1.00 bits per heavy atom. The van der Waals surface area contributed by atoms with Crippen molar-refractivity contribution < 1.29 is 9.53 Å². The third-order valence-electron chi connectivity index (χ3n) is 2.61. The number of hydrogen-bond donors (Lipinski definition) is 0. The molecule has 0 radical (unpaired) electrons. The molecule has 0 unspecified atom stereocenters. The molecule has 0 bridgehead atoms. The maximum Gasteiger partial charge on any atom is 0.305 e.